The summed E-state index contributed by atoms with van der Waals surface area (Å²) in [5.74, 6) is 0. The number of ether oxygens (including phenoxy) is 1. The summed E-state index contributed by atoms with van der Waals surface area (Å²) in [4.78, 5) is 10.6. The van der Waals surface area contributed by atoms with Gasteiger partial charge in [0.05, 0.1) is 6.61 Å². The van der Waals surface area contributed by atoms with Crippen molar-refractivity contribution in [2.45, 2.75) is 18.9 Å². The van der Waals surface area contributed by atoms with Crippen molar-refractivity contribution in [3.63, 3.8) is 0 Å². The Hall–Kier alpha value is -0.770. The predicted molar refractivity (Wildman–Crippen MR) is 34.6 cm³/mol. The van der Waals surface area contributed by atoms with E-state index in [0.29, 0.717) is 6.04 Å². The van der Waals surface area contributed by atoms with E-state index in [-0.39, 0.29) is 13.2 Å². The molecule has 1 aliphatic carbocycles. The lowest BCUT2D eigenvalue weighted by Crippen LogP contribution is -2.27. The zero-order valence-electron chi connectivity index (χ0n) is 5.67. The Kier molecular flexibility index (Phi) is 2.50. The number of aliphatic hydroxyl groups excluding tert-OH is 1. The Morgan fingerprint density at radius 3 is 2.90 bits per heavy atom. The van der Waals surface area contributed by atoms with E-state index in [2.05, 4.69) is 10.1 Å². The van der Waals surface area contributed by atoms with Gasteiger partial charge in [-0.3, -0.25) is 0 Å². The van der Waals surface area contributed by atoms with Crippen molar-refractivity contribution in [1.82, 2.24) is 5.32 Å². The number of rotatable bonds is 3. The molecule has 1 fully saturated rings. The van der Waals surface area contributed by atoms with E-state index in [9.17, 15) is 4.79 Å². The fourth-order valence-corrected chi connectivity index (χ4v) is 0.574. The molecule has 1 amide bonds. The molecule has 0 saturated heterocycles. The Bertz CT molecular complexity index is 122. The molecule has 0 aliphatic heterocycles. The van der Waals surface area contributed by atoms with Crippen molar-refractivity contribution < 1.29 is 14.6 Å². The van der Waals surface area contributed by atoms with Gasteiger partial charge in [-0.2, -0.15) is 0 Å². The van der Waals surface area contributed by atoms with Gasteiger partial charge >= 0.3 is 6.09 Å². The summed E-state index contributed by atoms with van der Waals surface area (Å²) >= 11 is 0. The molecule has 0 aromatic carbocycles. The normalized spacial score (nSPS) is 16.5. The van der Waals surface area contributed by atoms with Gasteiger partial charge < -0.3 is 15.2 Å². The topological polar surface area (TPSA) is 58.6 Å². The monoisotopic (exact) mass is 145 g/mol. The molecule has 0 bridgehead atoms. The molecule has 4 heteroatoms. The second-order valence-corrected chi connectivity index (χ2v) is 2.28. The lowest BCUT2D eigenvalue weighted by atomic mass is 10.7. The van der Waals surface area contributed by atoms with Crippen molar-refractivity contribution >= 4 is 6.09 Å². The summed E-state index contributed by atoms with van der Waals surface area (Å²) in [7, 11) is 0. The fraction of sp³-hybridized carbons (Fsp3) is 0.833. The Balaban J connectivity index is 1.97. The van der Waals surface area contributed by atoms with E-state index in [1.165, 1.54) is 0 Å². The van der Waals surface area contributed by atoms with E-state index in [1.807, 2.05) is 0 Å². The summed E-state index contributed by atoms with van der Waals surface area (Å²) < 4.78 is 4.54. The van der Waals surface area contributed by atoms with Crippen molar-refractivity contribution in [3.05, 3.63) is 0 Å². The molecule has 1 saturated carbocycles. The van der Waals surface area contributed by atoms with Gasteiger partial charge in [0.2, 0.25) is 0 Å². The zero-order chi connectivity index (χ0) is 7.40. The molecule has 4 nitrogen and oxygen atoms in total. The summed E-state index contributed by atoms with van der Waals surface area (Å²) in [6.45, 7) is -0.0311. The second-order valence-electron chi connectivity index (χ2n) is 2.28. The first kappa shape index (κ1) is 7.34. The molecular weight excluding hydrogens is 134 g/mol. The highest BCUT2D eigenvalue weighted by Crippen LogP contribution is 2.18. The van der Waals surface area contributed by atoms with Gasteiger partial charge in [-0.15, -0.1) is 0 Å². The van der Waals surface area contributed by atoms with Gasteiger partial charge in [-0.1, -0.05) is 0 Å². The number of alkyl carbamates (subject to hydrolysis) is 1. The maximum atomic E-state index is 10.6. The second kappa shape index (κ2) is 3.41. The number of hydrogen-bond donors (Lipinski definition) is 2. The van der Waals surface area contributed by atoms with Crippen LogP contribution in [0.4, 0.5) is 4.79 Å². The third kappa shape index (κ3) is 2.68. The molecule has 0 heterocycles. The molecule has 0 spiro atoms. The van der Waals surface area contributed by atoms with Crippen LogP contribution in [0.15, 0.2) is 0 Å². The van der Waals surface area contributed by atoms with Crippen LogP contribution < -0.4 is 5.32 Å². The van der Waals surface area contributed by atoms with Gasteiger partial charge in [0.25, 0.3) is 0 Å². The van der Waals surface area contributed by atoms with E-state index in [1.54, 1.807) is 0 Å². The molecule has 58 valence electrons. The van der Waals surface area contributed by atoms with Gasteiger partial charge in [-0.05, 0) is 12.8 Å². The standard InChI is InChI=1S/C6H11NO3/c8-3-4-10-6(9)7-5-1-2-5/h5,8H,1-4H2,(H,7,9). The van der Waals surface area contributed by atoms with Crippen molar-refractivity contribution in [2.75, 3.05) is 13.2 Å². The van der Waals surface area contributed by atoms with E-state index < -0.39 is 6.09 Å². The minimum Gasteiger partial charge on any atom is -0.447 e. The lowest BCUT2D eigenvalue weighted by molar-refractivity contribution is 0.119. The first-order valence-electron chi connectivity index (χ1n) is 3.37. The summed E-state index contributed by atoms with van der Waals surface area (Å²) in [6, 6.07) is 0.325. The van der Waals surface area contributed by atoms with Crippen LogP contribution in [0.3, 0.4) is 0 Å². The first-order valence-corrected chi connectivity index (χ1v) is 3.37. The minimum absolute atomic E-state index is 0.0819. The van der Waals surface area contributed by atoms with E-state index in [0.717, 1.165) is 12.8 Å². The Labute approximate surface area is 59.2 Å². The van der Waals surface area contributed by atoms with Crippen LogP contribution in [-0.4, -0.2) is 30.5 Å². The number of carbonyl (C=O) groups is 1. The number of amides is 1. The summed E-state index contributed by atoms with van der Waals surface area (Å²) in [5.41, 5.74) is 0. The maximum Gasteiger partial charge on any atom is 0.407 e. The van der Waals surface area contributed by atoms with Gasteiger partial charge in [0, 0.05) is 6.04 Å². The quantitative estimate of drug-likeness (QED) is 0.581. The highest BCUT2D eigenvalue weighted by molar-refractivity contribution is 5.67. The van der Waals surface area contributed by atoms with Crippen LogP contribution in [0.5, 0.6) is 0 Å². The predicted octanol–water partition coefficient (Wildman–Crippen LogP) is -0.133. The average molecular weight is 145 g/mol. The van der Waals surface area contributed by atoms with Gasteiger partial charge in [-0.25, -0.2) is 4.79 Å². The fourth-order valence-electron chi connectivity index (χ4n) is 0.574. The summed E-state index contributed by atoms with van der Waals surface area (Å²) in [5, 5.41) is 10.9. The van der Waals surface area contributed by atoms with Crippen LogP contribution >= 0.6 is 0 Å². The minimum atomic E-state index is -0.420. The third-order valence-corrected chi connectivity index (χ3v) is 1.22. The lowest BCUT2D eigenvalue weighted by Gasteiger charge is -2.02. The molecular formula is C6H11NO3. The summed E-state index contributed by atoms with van der Waals surface area (Å²) in [6.07, 6.45) is 1.68. The molecule has 1 aliphatic rings. The van der Waals surface area contributed by atoms with Crippen molar-refractivity contribution in [1.29, 1.82) is 0 Å². The Morgan fingerprint density at radius 1 is 1.70 bits per heavy atom. The van der Waals surface area contributed by atoms with Gasteiger partial charge in [0.1, 0.15) is 6.61 Å². The molecule has 0 unspecified atom stereocenters. The highest BCUT2D eigenvalue weighted by Gasteiger charge is 2.23. The van der Waals surface area contributed by atoms with Crippen LogP contribution in [-0.2, 0) is 4.74 Å². The molecule has 2 N–H and O–H groups in total. The number of hydrogen-bond acceptors (Lipinski definition) is 3. The van der Waals surface area contributed by atoms with Crippen LogP contribution in [0, 0.1) is 0 Å². The third-order valence-electron chi connectivity index (χ3n) is 1.22. The number of carbonyl (C=O) groups excluding carboxylic acids is 1. The van der Waals surface area contributed by atoms with Crippen LogP contribution in [0.2, 0.25) is 0 Å². The molecule has 10 heavy (non-hydrogen) atoms. The molecule has 1 rings (SSSR count). The van der Waals surface area contributed by atoms with Gasteiger partial charge in [0.15, 0.2) is 0 Å². The highest BCUT2D eigenvalue weighted by atomic mass is 16.6. The molecule has 0 aromatic rings. The average Bonchev–Trinajstić information content (AvgIpc) is 2.67. The number of aliphatic hydroxyl groups is 1. The van der Waals surface area contributed by atoms with Crippen molar-refractivity contribution in [3.8, 4) is 0 Å². The van der Waals surface area contributed by atoms with E-state index >= 15 is 0 Å². The SMILES string of the molecule is O=C(NC1CC1)OCCO. The molecule has 0 radical (unpaired) electrons. The smallest absolute Gasteiger partial charge is 0.407 e. The molecule has 0 aromatic heterocycles. The first-order chi connectivity index (χ1) is 4.83. The number of nitrogens with one attached hydrogen (secondary N) is 1. The molecule has 0 atom stereocenters. The van der Waals surface area contributed by atoms with E-state index in [4.69, 9.17) is 5.11 Å². The largest absolute Gasteiger partial charge is 0.447 e. The van der Waals surface area contributed by atoms with Crippen molar-refractivity contribution in [2.24, 2.45) is 0 Å². The Morgan fingerprint density at radius 2 is 2.40 bits per heavy atom. The maximum absolute atomic E-state index is 10.6. The zero-order valence-corrected chi connectivity index (χ0v) is 5.67. The van der Waals surface area contributed by atoms with Crippen LogP contribution in [0.1, 0.15) is 12.8 Å². The van der Waals surface area contributed by atoms with Crippen LogP contribution in [0.25, 0.3) is 0 Å².